The van der Waals surface area contributed by atoms with Gasteiger partial charge in [0.1, 0.15) is 29.5 Å². The van der Waals surface area contributed by atoms with E-state index < -0.39 is 36.8 Å². The van der Waals surface area contributed by atoms with Crippen molar-refractivity contribution in [3.8, 4) is 0 Å². The third kappa shape index (κ3) is 2.16. The Balaban J connectivity index is 2.11. The third-order valence-corrected chi connectivity index (χ3v) is 3.65. The van der Waals surface area contributed by atoms with E-state index in [4.69, 9.17) is 9.84 Å². The number of nitrogens with zero attached hydrogens (tertiary/aromatic N) is 4. The molecule has 3 heterocycles. The molecular formula is C12H17N5O5. The van der Waals surface area contributed by atoms with Crippen molar-refractivity contribution in [1.29, 1.82) is 0 Å². The fraction of sp³-hybridized carbons (Fsp3) is 0.583. The zero-order valence-corrected chi connectivity index (χ0v) is 12.0. The first-order valence-corrected chi connectivity index (χ1v) is 6.70. The highest BCUT2D eigenvalue weighted by atomic mass is 16.6. The molecule has 0 bridgehead atoms. The molecule has 0 spiro atoms. The number of aliphatic hydroxyl groups is 3. The number of hydrogen-bond acceptors (Lipinski definition) is 8. The van der Waals surface area contributed by atoms with Gasteiger partial charge in [-0.3, -0.25) is 9.55 Å². The summed E-state index contributed by atoms with van der Waals surface area (Å²) in [5.74, 6) is 0.379. The lowest BCUT2D eigenvalue weighted by Gasteiger charge is -2.17. The summed E-state index contributed by atoms with van der Waals surface area (Å²) in [6.07, 6.45) is -2.97. The van der Waals surface area contributed by atoms with Crippen LogP contribution in [0.15, 0.2) is 11.1 Å². The van der Waals surface area contributed by atoms with Gasteiger partial charge < -0.3 is 25.0 Å². The number of aliphatic hydroxyl groups excluding tert-OH is 3. The quantitative estimate of drug-likeness (QED) is 0.501. The molecule has 0 amide bonds. The van der Waals surface area contributed by atoms with Crippen molar-refractivity contribution in [1.82, 2.24) is 19.5 Å². The van der Waals surface area contributed by atoms with Crippen LogP contribution in [0.3, 0.4) is 0 Å². The third-order valence-electron chi connectivity index (χ3n) is 3.65. The van der Waals surface area contributed by atoms with Crippen molar-refractivity contribution < 1.29 is 20.1 Å². The van der Waals surface area contributed by atoms with E-state index in [-0.39, 0.29) is 0 Å². The second-order valence-electron chi connectivity index (χ2n) is 5.34. The van der Waals surface area contributed by atoms with Crippen LogP contribution in [0.4, 0.5) is 5.82 Å². The molecule has 1 saturated heterocycles. The van der Waals surface area contributed by atoms with Crippen LogP contribution in [0.2, 0.25) is 0 Å². The Morgan fingerprint density at radius 1 is 1.41 bits per heavy atom. The van der Waals surface area contributed by atoms with E-state index in [1.54, 1.807) is 19.0 Å². The average molecular weight is 311 g/mol. The van der Waals surface area contributed by atoms with E-state index in [2.05, 4.69) is 15.0 Å². The number of hydrogen-bond donors (Lipinski definition) is 4. The Morgan fingerprint density at radius 3 is 2.73 bits per heavy atom. The van der Waals surface area contributed by atoms with E-state index >= 15 is 0 Å². The number of fused-ring (bicyclic) bond motifs is 1. The van der Waals surface area contributed by atoms with Gasteiger partial charge in [0.25, 0.3) is 0 Å². The number of aromatic amines is 1. The first-order chi connectivity index (χ1) is 10.4. The van der Waals surface area contributed by atoms with E-state index in [1.165, 1.54) is 10.9 Å². The Hall–Kier alpha value is -2.01. The summed E-state index contributed by atoms with van der Waals surface area (Å²) in [5.41, 5.74) is 0.186. The molecule has 0 radical (unpaired) electrons. The summed E-state index contributed by atoms with van der Waals surface area (Å²) in [5, 5.41) is 29.1. The van der Waals surface area contributed by atoms with Crippen molar-refractivity contribution >= 4 is 17.0 Å². The summed E-state index contributed by atoms with van der Waals surface area (Å²) in [6.45, 7) is -0.428. The average Bonchev–Trinajstić information content (AvgIpc) is 3.00. The number of aromatic nitrogens is 4. The van der Waals surface area contributed by atoms with Crippen LogP contribution in [0.5, 0.6) is 0 Å². The molecule has 2 aromatic heterocycles. The number of rotatable bonds is 3. The van der Waals surface area contributed by atoms with Crippen LogP contribution in [-0.2, 0) is 4.74 Å². The Bertz CT molecular complexity index is 741. The highest BCUT2D eigenvalue weighted by molar-refractivity contribution is 5.83. The Kier molecular flexibility index (Phi) is 3.60. The lowest BCUT2D eigenvalue weighted by molar-refractivity contribution is -0.0511. The van der Waals surface area contributed by atoms with Gasteiger partial charge in [0.05, 0.1) is 12.9 Å². The van der Waals surface area contributed by atoms with Crippen molar-refractivity contribution in [2.75, 3.05) is 25.6 Å². The minimum atomic E-state index is -1.26. The topological polar surface area (TPSA) is 137 Å². The van der Waals surface area contributed by atoms with Gasteiger partial charge >= 0.3 is 5.69 Å². The molecule has 4 atom stereocenters. The van der Waals surface area contributed by atoms with E-state index in [9.17, 15) is 15.0 Å². The maximum atomic E-state index is 11.7. The predicted octanol–water partition coefficient (Wildman–Crippen LogP) is -2.20. The first kappa shape index (κ1) is 14.9. The van der Waals surface area contributed by atoms with Gasteiger partial charge in [-0.25, -0.2) is 9.78 Å². The first-order valence-electron chi connectivity index (χ1n) is 6.70. The van der Waals surface area contributed by atoms with Crippen molar-refractivity contribution in [3.05, 3.63) is 16.8 Å². The zero-order valence-electron chi connectivity index (χ0n) is 12.0. The lowest BCUT2D eigenvalue weighted by Crippen LogP contribution is -2.33. The summed E-state index contributed by atoms with van der Waals surface area (Å²) in [6, 6.07) is 0. The van der Waals surface area contributed by atoms with Gasteiger partial charge in [0, 0.05) is 14.1 Å². The van der Waals surface area contributed by atoms with Gasteiger partial charge in [-0.1, -0.05) is 0 Å². The standard InChI is InChI=1S/C12H17N5O5/c1-16(2)9-6-10(15-12(21)14-9)17(4-13-6)11-8(20)7(19)5(3-18)22-11/h4-5,7-8,11,18-20H,3H2,1-2H3,(H,14,15,21). The molecule has 10 nitrogen and oxygen atoms in total. The largest absolute Gasteiger partial charge is 0.394 e. The molecule has 4 N–H and O–H groups in total. The van der Waals surface area contributed by atoms with Crippen molar-refractivity contribution in [2.24, 2.45) is 0 Å². The van der Waals surface area contributed by atoms with Crippen LogP contribution in [0.25, 0.3) is 11.2 Å². The molecule has 1 aliphatic heterocycles. The van der Waals surface area contributed by atoms with Gasteiger partial charge in [-0.15, -0.1) is 0 Å². The van der Waals surface area contributed by atoms with Gasteiger partial charge in [0.15, 0.2) is 12.0 Å². The molecule has 0 aliphatic carbocycles. The molecule has 22 heavy (non-hydrogen) atoms. The maximum Gasteiger partial charge on any atom is 0.348 e. The fourth-order valence-corrected chi connectivity index (χ4v) is 2.54. The van der Waals surface area contributed by atoms with E-state index in [0.29, 0.717) is 17.0 Å². The van der Waals surface area contributed by atoms with Crippen LogP contribution in [-0.4, -0.2) is 73.9 Å². The molecule has 0 saturated carbocycles. The van der Waals surface area contributed by atoms with Crippen LogP contribution < -0.4 is 10.6 Å². The number of anilines is 1. The number of ether oxygens (including phenoxy) is 1. The van der Waals surface area contributed by atoms with Crippen molar-refractivity contribution in [2.45, 2.75) is 24.5 Å². The highest BCUT2D eigenvalue weighted by Gasteiger charge is 2.44. The highest BCUT2D eigenvalue weighted by Crippen LogP contribution is 2.31. The zero-order chi connectivity index (χ0) is 16.0. The minimum Gasteiger partial charge on any atom is -0.394 e. The molecule has 10 heteroatoms. The summed E-state index contributed by atoms with van der Waals surface area (Å²) in [7, 11) is 3.46. The van der Waals surface area contributed by atoms with E-state index in [1.807, 2.05) is 0 Å². The Morgan fingerprint density at radius 2 is 2.14 bits per heavy atom. The van der Waals surface area contributed by atoms with Crippen molar-refractivity contribution in [3.63, 3.8) is 0 Å². The molecule has 2 aromatic rings. The van der Waals surface area contributed by atoms with Crippen LogP contribution >= 0.6 is 0 Å². The Labute approximate surface area is 124 Å². The molecule has 0 aromatic carbocycles. The lowest BCUT2D eigenvalue weighted by atomic mass is 10.1. The fourth-order valence-electron chi connectivity index (χ4n) is 2.54. The SMILES string of the molecule is CN(C)c1nc(=O)[nH]c2c1ncn2C1OC(CO)C(O)C1O. The molecule has 1 aliphatic rings. The monoisotopic (exact) mass is 311 g/mol. The number of nitrogens with one attached hydrogen (secondary N) is 1. The molecule has 120 valence electrons. The molecule has 4 unspecified atom stereocenters. The predicted molar refractivity (Wildman–Crippen MR) is 75.5 cm³/mol. The smallest absolute Gasteiger partial charge is 0.348 e. The van der Waals surface area contributed by atoms with Crippen LogP contribution in [0.1, 0.15) is 6.23 Å². The minimum absolute atomic E-state index is 0.318. The van der Waals surface area contributed by atoms with E-state index in [0.717, 1.165) is 0 Å². The molecular weight excluding hydrogens is 294 g/mol. The summed E-state index contributed by atoms with van der Waals surface area (Å²) < 4.78 is 6.86. The summed E-state index contributed by atoms with van der Waals surface area (Å²) in [4.78, 5) is 24.0. The number of H-pyrrole nitrogens is 1. The van der Waals surface area contributed by atoms with Gasteiger partial charge in [-0.05, 0) is 0 Å². The second-order valence-corrected chi connectivity index (χ2v) is 5.34. The van der Waals surface area contributed by atoms with Crippen LogP contribution in [0, 0.1) is 0 Å². The normalized spacial score (nSPS) is 28.4. The van der Waals surface area contributed by atoms with Gasteiger partial charge in [0.2, 0.25) is 0 Å². The maximum absolute atomic E-state index is 11.7. The molecule has 1 fully saturated rings. The number of imidazole rings is 1. The summed E-state index contributed by atoms with van der Waals surface area (Å²) >= 11 is 0. The second kappa shape index (κ2) is 5.32. The molecule has 3 rings (SSSR count). The van der Waals surface area contributed by atoms with Gasteiger partial charge in [-0.2, -0.15) is 4.98 Å².